The summed E-state index contributed by atoms with van der Waals surface area (Å²) in [5.41, 5.74) is 10.2. The van der Waals surface area contributed by atoms with E-state index in [1.165, 1.54) is 44.2 Å². The number of benzene rings is 3. The molecule has 1 aliphatic heterocycles. The van der Waals surface area contributed by atoms with E-state index < -0.39 is 47.0 Å². The predicted octanol–water partition coefficient (Wildman–Crippen LogP) is 2.76. The number of anilines is 1. The minimum atomic E-state index is -1.59. The highest BCUT2D eigenvalue weighted by molar-refractivity contribution is 6.11. The van der Waals surface area contributed by atoms with Gasteiger partial charge in [-0.2, -0.15) is 0 Å². The molecule has 0 bridgehead atoms. The van der Waals surface area contributed by atoms with Gasteiger partial charge in [0, 0.05) is 5.56 Å². The Hall–Kier alpha value is -4.15. The number of carbonyl (C=O) groups excluding carboxylic acids is 3. The lowest BCUT2D eigenvalue weighted by atomic mass is 9.70. The Labute approximate surface area is 205 Å². The van der Waals surface area contributed by atoms with Crippen molar-refractivity contribution >= 4 is 23.5 Å². The monoisotopic (exact) mass is 495 g/mol. The van der Waals surface area contributed by atoms with E-state index in [4.69, 9.17) is 20.9 Å². The molecular formula is C26H23F2N3O5. The van der Waals surface area contributed by atoms with Crippen LogP contribution in [0.3, 0.4) is 0 Å². The average molecular weight is 495 g/mol. The van der Waals surface area contributed by atoms with E-state index in [9.17, 15) is 23.2 Å². The van der Waals surface area contributed by atoms with Gasteiger partial charge in [-0.25, -0.2) is 18.4 Å². The molecule has 0 aliphatic carbocycles. The van der Waals surface area contributed by atoms with E-state index in [1.54, 1.807) is 24.3 Å². The van der Waals surface area contributed by atoms with Crippen LogP contribution in [0, 0.1) is 11.6 Å². The Kier molecular flexibility index (Phi) is 6.57. The SMILES string of the molecule is CC(N)C(=O)Oc1ccc(C2(c3ccc(OC(=O)C(C)N)cc3)C(=O)Nc3c2ccc(F)c3F)cc1. The number of esters is 2. The molecule has 0 saturated heterocycles. The number of nitrogens with one attached hydrogen (secondary N) is 1. The van der Waals surface area contributed by atoms with E-state index in [1.807, 2.05) is 0 Å². The van der Waals surface area contributed by atoms with Gasteiger partial charge in [-0.1, -0.05) is 30.3 Å². The number of halogens is 2. The summed E-state index contributed by atoms with van der Waals surface area (Å²) in [6, 6.07) is 12.7. The minimum Gasteiger partial charge on any atom is -0.425 e. The fourth-order valence-electron chi connectivity index (χ4n) is 4.02. The van der Waals surface area contributed by atoms with E-state index in [-0.39, 0.29) is 22.7 Å². The molecule has 2 unspecified atom stereocenters. The first kappa shape index (κ1) is 25.0. The lowest BCUT2D eigenvalue weighted by Gasteiger charge is -2.29. The van der Waals surface area contributed by atoms with Crippen molar-refractivity contribution in [2.45, 2.75) is 31.3 Å². The fraction of sp³-hybridized carbons (Fsp3) is 0.192. The predicted molar refractivity (Wildman–Crippen MR) is 126 cm³/mol. The van der Waals surface area contributed by atoms with Gasteiger partial charge in [0.05, 0.1) is 5.69 Å². The molecule has 36 heavy (non-hydrogen) atoms. The van der Waals surface area contributed by atoms with E-state index in [2.05, 4.69) is 5.32 Å². The molecule has 186 valence electrons. The number of fused-ring (bicyclic) bond motifs is 1. The first-order valence-corrected chi connectivity index (χ1v) is 11.0. The van der Waals surface area contributed by atoms with Gasteiger partial charge in [-0.05, 0) is 55.3 Å². The van der Waals surface area contributed by atoms with Crippen molar-refractivity contribution in [2.75, 3.05) is 5.32 Å². The van der Waals surface area contributed by atoms with Crippen molar-refractivity contribution in [2.24, 2.45) is 11.5 Å². The molecule has 4 rings (SSSR count). The zero-order valence-electron chi connectivity index (χ0n) is 19.4. The zero-order chi connectivity index (χ0) is 26.2. The van der Waals surface area contributed by atoms with Crippen molar-refractivity contribution in [3.63, 3.8) is 0 Å². The number of rotatable bonds is 6. The Morgan fingerprint density at radius 3 is 1.67 bits per heavy atom. The highest BCUT2D eigenvalue weighted by atomic mass is 19.2. The third kappa shape index (κ3) is 4.21. The third-order valence-corrected chi connectivity index (χ3v) is 5.83. The molecular weight excluding hydrogens is 472 g/mol. The number of carbonyl (C=O) groups is 3. The maximum Gasteiger partial charge on any atom is 0.328 e. The standard InChI is InChI=1S/C26H23F2N3O5/c1-13(29)23(32)35-17-7-3-15(4-8-17)26(16-5-9-18(10-6-16)36-24(33)14(2)30)19-11-12-20(27)21(28)22(19)31-25(26)34/h3-14H,29-30H2,1-2H3,(H,31,34). The van der Waals surface area contributed by atoms with Crippen LogP contribution in [-0.4, -0.2) is 29.9 Å². The van der Waals surface area contributed by atoms with Crippen molar-refractivity contribution < 1.29 is 32.6 Å². The first-order valence-electron chi connectivity index (χ1n) is 11.0. The number of nitrogens with two attached hydrogens (primary N) is 2. The highest BCUT2D eigenvalue weighted by Gasteiger charge is 2.51. The Bertz CT molecular complexity index is 1270. The number of hydrogen-bond donors (Lipinski definition) is 3. The summed E-state index contributed by atoms with van der Waals surface area (Å²) in [6.07, 6.45) is 0. The molecule has 0 aromatic heterocycles. The van der Waals surface area contributed by atoms with Crippen LogP contribution in [0.5, 0.6) is 11.5 Å². The molecule has 0 saturated carbocycles. The normalized spacial score (nSPS) is 18.1. The molecule has 1 heterocycles. The van der Waals surface area contributed by atoms with Gasteiger partial charge in [0.15, 0.2) is 11.6 Å². The molecule has 3 aromatic carbocycles. The van der Waals surface area contributed by atoms with Crippen LogP contribution in [0.4, 0.5) is 14.5 Å². The molecule has 0 radical (unpaired) electrons. The number of hydrogen-bond acceptors (Lipinski definition) is 7. The Morgan fingerprint density at radius 2 is 1.25 bits per heavy atom. The summed E-state index contributed by atoms with van der Waals surface area (Å²) < 4.78 is 39.1. The summed E-state index contributed by atoms with van der Waals surface area (Å²) in [4.78, 5) is 37.2. The van der Waals surface area contributed by atoms with Gasteiger partial charge in [0.1, 0.15) is 29.0 Å². The van der Waals surface area contributed by atoms with Gasteiger partial charge in [0.25, 0.3) is 0 Å². The van der Waals surface area contributed by atoms with Crippen molar-refractivity contribution in [1.82, 2.24) is 0 Å². The van der Waals surface area contributed by atoms with Crippen LogP contribution in [0.25, 0.3) is 0 Å². The molecule has 3 aromatic rings. The summed E-state index contributed by atoms with van der Waals surface area (Å²) >= 11 is 0. The maximum atomic E-state index is 14.7. The van der Waals surface area contributed by atoms with Crippen LogP contribution < -0.4 is 26.3 Å². The highest BCUT2D eigenvalue weighted by Crippen LogP contribution is 2.49. The second kappa shape index (κ2) is 9.48. The fourth-order valence-corrected chi connectivity index (χ4v) is 4.02. The molecule has 8 nitrogen and oxygen atoms in total. The maximum absolute atomic E-state index is 14.7. The van der Waals surface area contributed by atoms with Crippen LogP contribution in [0.15, 0.2) is 60.7 Å². The second-order valence-corrected chi connectivity index (χ2v) is 8.46. The van der Waals surface area contributed by atoms with Crippen molar-refractivity contribution in [1.29, 1.82) is 0 Å². The summed E-state index contributed by atoms with van der Waals surface area (Å²) in [5, 5.41) is 2.46. The van der Waals surface area contributed by atoms with E-state index >= 15 is 0 Å². The van der Waals surface area contributed by atoms with Crippen LogP contribution in [0.2, 0.25) is 0 Å². The number of ether oxygens (including phenoxy) is 2. The first-order chi connectivity index (χ1) is 17.0. The van der Waals surface area contributed by atoms with Crippen molar-refractivity contribution in [3.8, 4) is 11.5 Å². The summed E-state index contributed by atoms with van der Waals surface area (Å²) in [7, 11) is 0. The van der Waals surface area contributed by atoms with Gasteiger partial charge in [0.2, 0.25) is 5.91 Å². The quantitative estimate of drug-likeness (QED) is 0.354. The lowest BCUT2D eigenvalue weighted by Crippen LogP contribution is -2.37. The molecule has 1 aliphatic rings. The largest absolute Gasteiger partial charge is 0.425 e. The molecule has 2 atom stereocenters. The van der Waals surface area contributed by atoms with E-state index in [0.29, 0.717) is 11.1 Å². The van der Waals surface area contributed by atoms with Gasteiger partial charge in [-0.15, -0.1) is 0 Å². The van der Waals surface area contributed by atoms with Gasteiger partial charge >= 0.3 is 11.9 Å². The third-order valence-electron chi connectivity index (χ3n) is 5.83. The molecule has 0 fully saturated rings. The Morgan fingerprint density at radius 1 is 0.806 bits per heavy atom. The smallest absolute Gasteiger partial charge is 0.328 e. The van der Waals surface area contributed by atoms with E-state index in [0.717, 1.165) is 6.07 Å². The zero-order valence-corrected chi connectivity index (χ0v) is 19.4. The molecule has 10 heteroatoms. The molecule has 5 N–H and O–H groups in total. The molecule has 1 amide bonds. The van der Waals surface area contributed by atoms with Crippen LogP contribution in [-0.2, 0) is 19.8 Å². The van der Waals surface area contributed by atoms with Crippen LogP contribution in [0.1, 0.15) is 30.5 Å². The van der Waals surface area contributed by atoms with Crippen molar-refractivity contribution in [3.05, 3.63) is 89.0 Å². The lowest BCUT2D eigenvalue weighted by molar-refractivity contribution is -0.136. The minimum absolute atomic E-state index is 0.187. The van der Waals surface area contributed by atoms with Gasteiger partial charge < -0.3 is 26.3 Å². The average Bonchev–Trinajstić information content (AvgIpc) is 3.15. The van der Waals surface area contributed by atoms with Gasteiger partial charge in [-0.3, -0.25) is 4.79 Å². The topological polar surface area (TPSA) is 134 Å². The summed E-state index contributed by atoms with van der Waals surface area (Å²) in [6.45, 7) is 2.96. The second-order valence-electron chi connectivity index (χ2n) is 8.46. The number of amides is 1. The Balaban J connectivity index is 1.84. The van der Waals surface area contributed by atoms with Crippen LogP contribution >= 0.6 is 0 Å². The summed E-state index contributed by atoms with van der Waals surface area (Å²) in [5.74, 6) is -3.82. The molecule has 0 spiro atoms.